The second kappa shape index (κ2) is 6.02. The normalized spacial score (nSPS) is 18.6. The summed E-state index contributed by atoms with van der Waals surface area (Å²) < 4.78 is 0. The van der Waals surface area contributed by atoms with Gasteiger partial charge in [0.2, 0.25) is 0 Å². The Morgan fingerprint density at radius 1 is 1.38 bits per heavy atom. The average molecular weight is 283 g/mol. The van der Waals surface area contributed by atoms with E-state index in [1.807, 2.05) is 6.20 Å². The number of nitrogens with zero attached hydrogens (tertiary/aromatic N) is 2. The third-order valence-corrected chi connectivity index (χ3v) is 4.56. The maximum absolute atomic E-state index is 6.02. The van der Waals surface area contributed by atoms with Crippen LogP contribution in [0.1, 0.15) is 37.4 Å². The van der Waals surface area contributed by atoms with Crippen molar-refractivity contribution in [2.45, 2.75) is 45.6 Å². The van der Waals surface area contributed by atoms with Crippen molar-refractivity contribution < 1.29 is 0 Å². The molecule has 0 amide bonds. The minimum atomic E-state index is 0.317. The quantitative estimate of drug-likeness (QED) is 0.935. The van der Waals surface area contributed by atoms with Gasteiger partial charge in [0.1, 0.15) is 0 Å². The van der Waals surface area contributed by atoms with Crippen molar-refractivity contribution in [3.63, 3.8) is 0 Å². The molecular formula is C18H25N3. The third-order valence-electron chi connectivity index (χ3n) is 4.56. The largest absolute Gasteiger partial charge is 0.370 e. The van der Waals surface area contributed by atoms with Crippen LogP contribution in [-0.4, -0.2) is 24.1 Å². The van der Waals surface area contributed by atoms with Gasteiger partial charge in [-0.25, -0.2) is 0 Å². The Hall–Kier alpha value is -1.61. The van der Waals surface area contributed by atoms with Crippen LogP contribution in [0.2, 0.25) is 0 Å². The monoisotopic (exact) mass is 283 g/mol. The first-order valence-electron chi connectivity index (χ1n) is 8.08. The number of fused-ring (bicyclic) bond motifs is 1. The predicted octanol–water partition coefficient (Wildman–Crippen LogP) is 3.42. The molecule has 1 aliphatic heterocycles. The summed E-state index contributed by atoms with van der Waals surface area (Å²) >= 11 is 0. The van der Waals surface area contributed by atoms with Gasteiger partial charge in [-0.2, -0.15) is 0 Å². The smallest absolute Gasteiger partial charge is 0.0411 e. The van der Waals surface area contributed by atoms with E-state index in [0.29, 0.717) is 6.04 Å². The van der Waals surface area contributed by atoms with Crippen LogP contribution in [0.15, 0.2) is 24.4 Å². The molecule has 1 aromatic heterocycles. The van der Waals surface area contributed by atoms with Gasteiger partial charge in [-0.05, 0) is 49.3 Å². The maximum Gasteiger partial charge on any atom is 0.0411 e. The molecule has 0 saturated carbocycles. The molecule has 0 aliphatic carbocycles. The highest BCUT2D eigenvalue weighted by Gasteiger charge is 2.19. The number of anilines is 1. The highest BCUT2D eigenvalue weighted by atomic mass is 15.2. The zero-order chi connectivity index (χ0) is 14.8. The summed E-state index contributed by atoms with van der Waals surface area (Å²) in [5, 5.41) is 2.62. The lowest BCUT2D eigenvalue weighted by molar-refractivity contribution is 0.752. The average Bonchev–Trinajstić information content (AvgIpc) is 2.92. The molecule has 1 unspecified atom stereocenters. The van der Waals surface area contributed by atoms with Crippen LogP contribution < -0.4 is 10.6 Å². The number of hydrogen-bond acceptors (Lipinski definition) is 3. The SMILES string of the molecule is CCCCc1c(C)ncc2cc(N3CCC(N)C3)ccc12. The summed E-state index contributed by atoms with van der Waals surface area (Å²) in [7, 11) is 0. The molecule has 0 bridgehead atoms. The zero-order valence-corrected chi connectivity index (χ0v) is 13.1. The summed E-state index contributed by atoms with van der Waals surface area (Å²) in [6.45, 7) is 6.39. The van der Waals surface area contributed by atoms with Gasteiger partial charge >= 0.3 is 0 Å². The third kappa shape index (κ3) is 2.88. The fourth-order valence-corrected chi connectivity index (χ4v) is 3.26. The second-order valence-corrected chi connectivity index (χ2v) is 6.19. The number of nitrogens with two attached hydrogens (primary N) is 1. The van der Waals surface area contributed by atoms with Crippen LogP contribution in [0.3, 0.4) is 0 Å². The number of aromatic nitrogens is 1. The van der Waals surface area contributed by atoms with Crippen molar-refractivity contribution in [3.8, 4) is 0 Å². The molecule has 0 spiro atoms. The van der Waals surface area contributed by atoms with Gasteiger partial charge in [0.05, 0.1) is 0 Å². The van der Waals surface area contributed by atoms with Gasteiger partial charge in [0, 0.05) is 42.1 Å². The van der Waals surface area contributed by atoms with Gasteiger partial charge in [0.25, 0.3) is 0 Å². The molecule has 2 N–H and O–H groups in total. The van der Waals surface area contributed by atoms with Crippen LogP contribution in [0.4, 0.5) is 5.69 Å². The number of rotatable bonds is 4. The highest BCUT2D eigenvalue weighted by molar-refractivity contribution is 5.88. The van der Waals surface area contributed by atoms with Gasteiger partial charge < -0.3 is 10.6 Å². The van der Waals surface area contributed by atoms with Gasteiger partial charge in [-0.1, -0.05) is 19.4 Å². The number of pyridine rings is 1. The minimum Gasteiger partial charge on any atom is -0.370 e. The topological polar surface area (TPSA) is 42.2 Å². The summed E-state index contributed by atoms with van der Waals surface area (Å²) in [6, 6.07) is 7.11. The maximum atomic E-state index is 6.02. The molecule has 0 radical (unpaired) electrons. The molecular weight excluding hydrogens is 258 g/mol. The molecule has 1 fully saturated rings. The Morgan fingerprint density at radius 3 is 2.95 bits per heavy atom. The van der Waals surface area contributed by atoms with Gasteiger partial charge in [0.15, 0.2) is 0 Å². The van der Waals surface area contributed by atoms with E-state index in [1.54, 1.807) is 0 Å². The van der Waals surface area contributed by atoms with E-state index in [4.69, 9.17) is 5.73 Å². The lowest BCUT2D eigenvalue weighted by atomic mass is 9.99. The first-order chi connectivity index (χ1) is 10.2. The van der Waals surface area contributed by atoms with E-state index in [1.165, 1.54) is 40.6 Å². The van der Waals surface area contributed by atoms with Crippen molar-refractivity contribution in [1.82, 2.24) is 4.98 Å². The Labute approximate surface area is 127 Å². The van der Waals surface area contributed by atoms with E-state index in [2.05, 4.69) is 41.9 Å². The summed E-state index contributed by atoms with van der Waals surface area (Å²) in [4.78, 5) is 6.98. The van der Waals surface area contributed by atoms with E-state index in [-0.39, 0.29) is 0 Å². The summed E-state index contributed by atoms with van der Waals surface area (Å²) in [5.74, 6) is 0. The number of aryl methyl sites for hydroxylation is 2. The zero-order valence-electron chi connectivity index (χ0n) is 13.1. The predicted molar refractivity (Wildman–Crippen MR) is 89.9 cm³/mol. The van der Waals surface area contributed by atoms with Crippen LogP contribution in [0.5, 0.6) is 0 Å². The number of unbranched alkanes of at least 4 members (excludes halogenated alkanes) is 1. The van der Waals surface area contributed by atoms with E-state index < -0.39 is 0 Å². The Bertz CT molecular complexity index is 636. The fraction of sp³-hybridized carbons (Fsp3) is 0.500. The highest BCUT2D eigenvalue weighted by Crippen LogP contribution is 2.28. The number of benzene rings is 1. The van der Waals surface area contributed by atoms with Crippen LogP contribution in [0.25, 0.3) is 10.8 Å². The molecule has 1 aromatic carbocycles. The molecule has 1 atom stereocenters. The standard InChI is InChI=1S/C18H25N3/c1-3-4-5-17-13(2)20-11-14-10-16(6-7-18(14)17)21-9-8-15(19)12-21/h6-7,10-11,15H,3-5,8-9,12,19H2,1-2H3. The molecule has 1 aliphatic rings. The fourth-order valence-electron chi connectivity index (χ4n) is 3.26. The van der Waals surface area contributed by atoms with Crippen LogP contribution >= 0.6 is 0 Å². The van der Waals surface area contributed by atoms with E-state index in [9.17, 15) is 0 Å². The first-order valence-corrected chi connectivity index (χ1v) is 8.08. The molecule has 2 heterocycles. The summed E-state index contributed by atoms with van der Waals surface area (Å²) in [6.07, 6.45) is 6.68. The lowest BCUT2D eigenvalue weighted by Crippen LogP contribution is -2.26. The Kier molecular flexibility index (Phi) is 4.11. The first kappa shape index (κ1) is 14.3. The van der Waals surface area contributed by atoms with Gasteiger partial charge in [-0.3, -0.25) is 4.98 Å². The molecule has 3 rings (SSSR count). The van der Waals surface area contributed by atoms with Crippen LogP contribution in [-0.2, 0) is 6.42 Å². The lowest BCUT2D eigenvalue weighted by Gasteiger charge is -2.19. The van der Waals surface area contributed by atoms with Crippen molar-refractivity contribution in [1.29, 1.82) is 0 Å². The molecule has 21 heavy (non-hydrogen) atoms. The Morgan fingerprint density at radius 2 is 2.24 bits per heavy atom. The second-order valence-electron chi connectivity index (χ2n) is 6.19. The molecule has 3 heteroatoms. The Balaban J connectivity index is 1.97. The van der Waals surface area contributed by atoms with Crippen molar-refractivity contribution in [2.75, 3.05) is 18.0 Å². The molecule has 1 saturated heterocycles. The molecule has 2 aromatic rings. The molecule has 112 valence electrons. The summed E-state index contributed by atoms with van der Waals surface area (Å²) in [5.41, 5.74) is 9.89. The van der Waals surface area contributed by atoms with E-state index in [0.717, 1.165) is 25.9 Å². The number of hydrogen-bond donors (Lipinski definition) is 1. The van der Waals surface area contributed by atoms with Crippen molar-refractivity contribution >= 4 is 16.5 Å². The van der Waals surface area contributed by atoms with Gasteiger partial charge in [-0.15, -0.1) is 0 Å². The molecule has 3 nitrogen and oxygen atoms in total. The minimum absolute atomic E-state index is 0.317. The van der Waals surface area contributed by atoms with Crippen LogP contribution in [0, 0.1) is 6.92 Å². The van der Waals surface area contributed by atoms with Crippen molar-refractivity contribution in [3.05, 3.63) is 35.7 Å². The van der Waals surface area contributed by atoms with E-state index >= 15 is 0 Å². The van der Waals surface area contributed by atoms with Crippen molar-refractivity contribution in [2.24, 2.45) is 5.73 Å².